The van der Waals surface area contributed by atoms with Crippen LogP contribution in [0.1, 0.15) is 34.6 Å². The molecule has 0 saturated carbocycles. The summed E-state index contributed by atoms with van der Waals surface area (Å²) < 4.78 is 25.7. The van der Waals surface area contributed by atoms with Crippen LogP contribution in [0.2, 0.25) is 0 Å². The minimum Gasteiger partial charge on any atom is -0.395 e. The molecule has 0 aromatic rings. The SMILES string of the molecule is CC(C)CN(CC(C)C)S(=O)(=O)C(C)CO. The minimum atomic E-state index is -3.36. The predicted molar refractivity (Wildman–Crippen MR) is 66.7 cm³/mol. The Morgan fingerprint density at radius 2 is 1.38 bits per heavy atom. The van der Waals surface area contributed by atoms with Crippen molar-refractivity contribution in [1.82, 2.24) is 4.31 Å². The molecule has 16 heavy (non-hydrogen) atoms. The predicted octanol–water partition coefficient (Wildman–Crippen LogP) is 1.31. The first-order valence-corrected chi connectivity index (χ1v) is 7.32. The topological polar surface area (TPSA) is 57.6 Å². The smallest absolute Gasteiger partial charge is 0.218 e. The van der Waals surface area contributed by atoms with Crippen LogP contribution in [0, 0.1) is 11.8 Å². The van der Waals surface area contributed by atoms with E-state index in [2.05, 4.69) is 0 Å². The van der Waals surface area contributed by atoms with Gasteiger partial charge in [-0.3, -0.25) is 0 Å². The summed E-state index contributed by atoms with van der Waals surface area (Å²) in [5.41, 5.74) is 0. The quantitative estimate of drug-likeness (QED) is 0.742. The maximum atomic E-state index is 12.1. The van der Waals surface area contributed by atoms with Crippen LogP contribution in [-0.2, 0) is 10.0 Å². The first kappa shape index (κ1) is 15.9. The van der Waals surface area contributed by atoms with Crippen LogP contribution in [0.15, 0.2) is 0 Å². The van der Waals surface area contributed by atoms with E-state index in [4.69, 9.17) is 5.11 Å². The van der Waals surface area contributed by atoms with Crippen molar-refractivity contribution in [1.29, 1.82) is 0 Å². The molecule has 0 heterocycles. The molecule has 4 nitrogen and oxygen atoms in total. The van der Waals surface area contributed by atoms with Crippen LogP contribution < -0.4 is 0 Å². The summed E-state index contributed by atoms with van der Waals surface area (Å²) >= 11 is 0. The minimum absolute atomic E-state index is 0.291. The van der Waals surface area contributed by atoms with Gasteiger partial charge in [-0.1, -0.05) is 27.7 Å². The number of aliphatic hydroxyl groups is 1. The molecule has 1 atom stereocenters. The Balaban J connectivity index is 4.87. The fourth-order valence-electron chi connectivity index (χ4n) is 1.45. The number of nitrogens with zero attached hydrogens (tertiary/aromatic N) is 1. The maximum absolute atomic E-state index is 12.1. The third kappa shape index (κ3) is 4.80. The largest absolute Gasteiger partial charge is 0.395 e. The molecular weight excluding hydrogens is 226 g/mol. The van der Waals surface area contributed by atoms with Gasteiger partial charge in [0, 0.05) is 13.1 Å². The van der Waals surface area contributed by atoms with E-state index in [-0.39, 0.29) is 6.61 Å². The van der Waals surface area contributed by atoms with Crippen LogP contribution in [-0.4, -0.2) is 42.8 Å². The highest BCUT2D eigenvalue weighted by Gasteiger charge is 2.29. The molecule has 1 unspecified atom stereocenters. The van der Waals surface area contributed by atoms with Crippen LogP contribution in [0.3, 0.4) is 0 Å². The van der Waals surface area contributed by atoms with Gasteiger partial charge in [-0.25, -0.2) is 12.7 Å². The highest BCUT2D eigenvalue weighted by Crippen LogP contribution is 2.13. The van der Waals surface area contributed by atoms with Gasteiger partial charge in [-0.05, 0) is 18.8 Å². The normalized spacial score (nSPS) is 15.1. The summed E-state index contributed by atoms with van der Waals surface area (Å²) in [4.78, 5) is 0. The van der Waals surface area contributed by atoms with Crippen molar-refractivity contribution in [2.45, 2.75) is 39.9 Å². The van der Waals surface area contributed by atoms with Crippen LogP contribution in [0.25, 0.3) is 0 Å². The van der Waals surface area contributed by atoms with E-state index in [0.29, 0.717) is 24.9 Å². The molecule has 5 heteroatoms. The number of aliphatic hydroxyl groups excluding tert-OH is 1. The van der Waals surface area contributed by atoms with Gasteiger partial charge in [0.1, 0.15) is 0 Å². The summed E-state index contributed by atoms with van der Waals surface area (Å²) in [7, 11) is -3.36. The Hall–Kier alpha value is -0.130. The summed E-state index contributed by atoms with van der Waals surface area (Å²) in [5, 5.41) is 8.26. The molecule has 0 bridgehead atoms. The third-order valence-electron chi connectivity index (χ3n) is 2.26. The van der Waals surface area contributed by atoms with Crippen LogP contribution in [0.5, 0.6) is 0 Å². The molecule has 0 aromatic carbocycles. The summed E-state index contributed by atoms with van der Waals surface area (Å²) in [6.45, 7) is 10.2. The molecule has 0 aliphatic heterocycles. The second-order valence-corrected chi connectivity index (χ2v) is 7.49. The number of rotatable bonds is 7. The highest BCUT2D eigenvalue weighted by molar-refractivity contribution is 7.89. The molecule has 98 valence electrons. The first-order valence-electron chi connectivity index (χ1n) is 5.81. The Morgan fingerprint density at radius 3 is 1.62 bits per heavy atom. The van der Waals surface area contributed by atoms with E-state index in [1.165, 1.54) is 4.31 Å². The van der Waals surface area contributed by atoms with Crippen molar-refractivity contribution in [3.8, 4) is 0 Å². The molecule has 0 aliphatic carbocycles. The van der Waals surface area contributed by atoms with Crippen molar-refractivity contribution < 1.29 is 13.5 Å². The number of hydrogen-bond acceptors (Lipinski definition) is 3. The van der Waals surface area contributed by atoms with Crippen molar-refractivity contribution in [2.75, 3.05) is 19.7 Å². The van der Waals surface area contributed by atoms with Crippen LogP contribution >= 0.6 is 0 Å². The van der Waals surface area contributed by atoms with Crippen molar-refractivity contribution in [3.05, 3.63) is 0 Å². The average molecular weight is 251 g/mol. The maximum Gasteiger partial charge on any atom is 0.218 e. The lowest BCUT2D eigenvalue weighted by Gasteiger charge is -2.27. The van der Waals surface area contributed by atoms with Gasteiger partial charge in [-0.15, -0.1) is 0 Å². The molecule has 0 spiro atoms. The highest BCUT2D eigenvalue weighted by atomic mass is 32.2. The lowest BCUT2D eigenvalue weighted by atomic mass is 10.2. The van der Waals surface area contributed by atoms with Crippen molar-refractivity contribution in [2.24, 2.45) is 11.8 Å². The van der Waals surface area contributed by atoms with Crippen LogP contribution in [0.4, 0.5) is 0 Å². The molecule has 0 aromatic heterocycles. The lowest BCUT2D eigenvalue weighted by molar-refractivity contribution is 0.280. The molecule has 0 saturated heterocycles. The molecule has 0 rings (SSSR count). The van der Waals surface area contributed by atoms with E-state index in [0.717, 1.165) is 0 Å². The van der Waals surface area contributed by atoms with E-state index < -0.39 is 15.3 Å². The molecule has 0 radical (unpaired) electrons. The van der Waals surface area contributed by atoms with Gasteiger partial charge in [0.15, 0.2) is 0 Å². The van der Waals surface area contributed by atoms with Gasteiger partial charge in [-0.2, -0.15) is 0 Å². The summed E-state index contributed by atoms with van der Waals surface area (Å²) in [6, 6.07) is 0. The average Bonchev–Trinajstić information content (AvgIpc) is 2.13. The van der Waals surface area contributed by atoms with Crippen molar-refractivity contribution in [3.63, 3.8) is 0 Å². The van der Waals surface area contributed by atoms with Gasteiger partial charge in [0.2, 0.25) is 10.0 Å². The zero-order valence-corrected chi connectivity index (χ0v) is 11.8. The lowest BCUT2D eigenvalue weighted by Crippen LogP contribution is -2.42. The summed E-state index contributed by atoms with van der Waals surface area (Å²) in [6.07, 6.45) is 0. The van der Waals surface area contributed by atoms with E-state index >= 15 is 0 Å². The fraction of sp³-hybridized carbons (Fsp3) is 1.00. The zero-order chi connectivity index (χ0) is 12.9. The van der Waals surface area contributed by atoms with E-state index in [1.54, 1.807) is 6.92 Å². The standard InChI is InChI=1S/C11H25NO3S/c1-9(2)6-12(7-10(3)4)16(14,15)11(5)8-13/h9-11,13H,6-8H2,1-5H3. The number of hydrogen-bond donors (Lipinski definition) is 1. The third-order valence-corrected chi connectivity index (χ3v) is 4.45. The van der Waals surface area contributed by atoms with Gasteiger partial charge in [0.05, 0.1) is 11.9 Å². The Morgan fingerprint density at radius 1 is 1.00 bits per heavy atom. The van der Waals surface area contributed by atoms with Crippen molar-refractivity contribution >= 4 is 10.0 Å². The number of sulfonamides is 1. The molecule has 0 amide bonds. The van der Waals surface area contributed by atoms with Gasteiger partial charge in [0.25, 0.3) is 0 Å². The zero-order valence-electron chi connectivity index (χ0n) is 11.0. The fourth-order valence-corrected chi connectivity index (χ4v) is 3.15. The van der Waals surface area contributed by atoms with Gasteiger partial charge < -0.3 is 5.11 Å². The van der Waals surface area contributed by atoms with Gasteiger partial charge >= 0.3 is 0 Å². The second kappa shape index (κ2) is 6.57. The van der Waals surface area contributed by atoms with E-state index in [9.17, 15) is 8.42 Å². The molecule has 0 aliphatic rings. The Labute approximate surface area is 99.7 Å². The molecular formula is C11H25NO3S. The summed E-state index contributed by atoms with van der Waals surface area (Å²) in [5.74, 6) is 0.582. The Bertz CT molecular complexity index is 276. The van der Waals surface area contributed by atoms with E-state index in [1.807, 2.05) is 27.7 Å². The monoisotopic (exact) mass is 251 g/mol. The second-order valence-electron chi connectivity index (χ2n) is 5.14. The molecule has 1 N–H and O–H groups in total. The first-order chi connectivity index (χ1) is 7.21. The molecule has 0 fully saturated rings. The Kier molecular flexibility index (Phi) is 6.51.